The van der Waals surface area contributed by atoms with Crippen LogP contribution in [0.5, 0.6) is 0 Å². The Morgan fingerprint density at radius 3 is 2.50 bits per heavy atom. The minimum Gasteiger partial charge on any atom is -0.357 e. The fraction of sp³-hybridized carbons (Fsp3) is 0.538. The van der Waals surface area contributed by atoms with E-state index in [0.29, 0.717) is 5.69 Å². The Balaban J connectivity index is 1.98. The number of aromatic nitrogens is 1. The van der Waals surface area contributed by atoms with Crippen LogP contribution in [0.2, 0.25) is 0 Å². The maximum atomic E-state index is 11.5. The van der Waals surface area contributed by atoms with E-state index in [-0.39, 0.29) is 0 Å². The summed E-state index contributed by atoms with van der Waals surface area (Å²) in [6.45, 7) is 4.28. The zero-order valence-corrected chi connectivity index (χ0v) is 13.3. The first kappa shape index (κ1) is 15.7. The lowest BCUT2D eigenvalue weighted by molar-refractivity contribution is -0.115. The number of anilines is 2. The van der Waals surface area contributed by atoms with Crippen LogP contribution in [0.1, 0.15) is 19.8 Å². The number of halogens is 3. The van der Waals surface area contributed by atoms with Crippen LogP contribution in [0, 0.1) is 5.92 Å². The van der Waals surface area contributed by atoms with E-state index >= 15 is 0 Å². The number of rotatable bonds is 2. The number of amides is 1. The number of nitrogens with zero attached hydrogens (tertiary/aromatic N) is 2. The molecule has 0 saturated carbocycles. The topological polar surface area (TPSA) is 45.2 Å². The van der Waals surface area contributed by atoms with E-state index < -0.39 is 9.70 Å². The number of hydrogen-bond acceptors (Lipinski definition) is 3. The summed E-state index contributed by atoms with van der Waals surface area (Å²) in [5, 5.41) is 2.50. The van der Waals surface area contributed by atoms with Gasteiger partial charge < -0.3 is 10.2 Å². The second-order valence-electron chi connectivity index (χ2n) is 5.03. The second kappa shape index (κ2) is 6.37. The molecule has 110 valence electrons. The van der Waals surface area contributed by atoms with Crippen molar-refractivity contribution < 1.29 is 4.79 Å². The molecule has 1 aromatic heterocycles. The van der Waals surface area contributed by atoms with Crippen molar-refractivity contribution in [2.24, 2.45) is 5.92 Å². The van der Waals surface area contributed by atoms with Crippen LogP contribution in [-0.4, -0.2) is 27.8 Å². The number of pyridine rings is 1. The summed E-state index contributed by atoms with van der Waals surface area (Å²) in [4.78, 5) is 18.1. The van der Waals surface area contributed by atoms with Crippen molar-refractivity contribution in [2.75, 3.05) is 23.3 Å². The lowest BCUT2D eigenvalue weighted by Crippen LogP contribution is -2.33. The number of piperidine rings is 1. The van der Waals surface area contributed by atoms with Crippen molar-refractivity contribution in [2.45, 2.75) is 23.6 Å². The third-order valence-electron chi connectivity index (χ3n) is 3.37. The molecule has 0 unspecified atom stereocenters. The van der Waals surface area contributed by atoms with E-state index in [1.165, 1.54) is 12.8 Å². The molecule has 20 heavy (non-hydrogen) atoms. The smallest absolute Gasteiger partial charge is 0.276 e. The number of alkyl halides is 3. The number of carbonyl (C=O) groups excluding carboxylic acids is 1. The Hall–Kier alpha value is -0.710. The van der Waals surface area contributed by atoms with Gasteiger partial charge in [-0.05, 0) is 30.9 Å². The first-order valence-electron chi connectivity index (χ1n) is 6.45. The molecule has 0 aromatic carbocycles. The van der Waals surface area contributed by atoms with E-state index in [4.69, 9.17) is 34.8 Å². The molecule has 4 nitrogen and oxygen atoms in total. The molecule has 1 saturated heterocycles. The Bertz CT molecular complexity index is 465. The van der Waals surface area contributed by atoms with Gasteiger partial charge in [0.15, 0.2) is 0 Å². The molecule has 0 atom stereocenters. The van der Waals surface area contributed by atoms with E-state index in [1.54, 1.807) is 12.3 Å². The van der Waals surface area contributed by atoms with Gasteiger partial charge in [-0.25, -0.2) is 4.98 Å². The van der Waals surface area contributed by atoms with E-state index in [2.05, 4.69) is 22.1 Å². The standard InChI is InChI=1S/C13H16Cl3N3O/c1-9-4-6-19(7-5-9)11-3-2-10(8-17-11)18-12(20)13(14,15)16/h2-3,8-9H,4-7H2,1H3,(H,18,20). The fourth-order valence-electron chi connectivity index (χ4n) is 2.09. The molecule has 0 radical (unpaired) electrons. The van der Waals surface area contributed by atoms with Crippen molar-refractivity contribution in [3.63, 3.8) is 0 Å². The van der Waals surface area contributed by atoms with Gasteiger partial charge in [0.2, 0.25) is 0 Å². The third kappa shape index (κ3) is 4.14. The van der Waals surface area contributed by atoms with Crippen LogP contribution < -0.4 is 10.2 Å². The lowest BCUT2D eigenvalue weighted by atomic mass is 9.99. The SMILES string of the molecule is CC1CCN(c2ccc(NC(=O)C(Cl)(Cl)Cl)cn2)CC1. The molecule has 0 aliphatic carbocycles. The minimum absolute atomic E-state index is 0.510. The highest BCUT2D eigenvalue weighted by atomic mass is 35.6. The summed E-state index contributed by atoms with van der Waals surface area (Å²) in [6, 6.07) is 3.62. The Morgan fingerprint density at radius 2 is 2.00 bits per heavy atom. The molecule has 1 amide bonds. The molecule has 1 aromatic rings. The van der Waals surface area contributed by atoms with E-state index in [1.807, 2.05) is 6.07 Å². The van der Waals surface area contributed by atoms with Gasteiger partial charge in [0, 0.05) is 13.1 Å². The van der Waals surface area contributed by atoms with Gasteiger partial charge in [-0.1, -0.05) is 41.7 Å². The Labute approximate surface area is 133 Å². The first-order valence-corrected chi connectivity index (χ1v) is 7.59. The zero-order valence-electron chi connectivity index (χ0n) is 11.1. The Kier molecular flexibility index (Phi) is 4.99. The summed E-state index contributed by atoms with van der Waals surface area (Å²) in [7, 11) is 0. The molecule has 1 N–H and O–H groups in total. The zero-order chi connectivity index (χ0) is 14.8. The highest BCUT2D eigenvalue weighted by Gasteiger charge is 2.30. The monoisotopic (exact) mass is 335 g/mol. The van der Waals surface area contributed by atoms with Gasteiger partial charge in [0.1, 0.15) is 5.82 Å². The van der Waals surface area contributed by atoms with E-state index in [0.717, 1.165) is 24.8 Å². The van der Waals surface area contributed by atoms with Crippen molar-refractivity contribution in [1.29, 1.82) is 0 Å². The molecule has 7 heteroatoms. The maximum Gasteiger partial charge on any atom is 0.276 e. The number of carbonyl (C=O) groups is 1. The molecule has 1 aliphatic rings. The van der Waals surface area contributed by atoms with E-state index in [9.17, 15) is 4.79 Å². The van der Waals surface area contributed by atoms with Gasteiger partial charge in [-0.2, -0.15) is 0 Å². The van der Waals surface area contributed by atoms with Crippen LogP contribution in [0.3, 0.4) is 0 Å². The summed E-state index contributed by atoms with van der Waals surface area (Å²) >= 11 is 16.5. The average molecular weight is 337 g/mol. The van der Waals surface area contributed by atoms with Crippen molar-refractivity contribution >= 4 is 52.2 Å². The summed E-state index contributed by atoms with van der Waals surface area (Å²) in [5.74, 6) is 0.988. The molecule has 1 aliphatic heterocycles. The minimum atomic E-state index is -1.97. The van der Waals surface area contributed by atoms with Gasteiger partial charge in [0.25, 0.3) is 9.70 Å². The molecule has 2 heterocycles. The fourth-order valence-corrected chi connectivity index (χ4v) is 2.23. The van der Waals surface area contributed by atoms with Crippen LogP contribution in [0.15, 0.2) is 18.3 Å². The lowest BCUT2D eigenvalue weighted by Gasteiger charge is -2.31. The molecular weight excluding hydrogens is 321 g/mol. The molecular formula is C13H16Cl3N3O. The predicted molar refractivity (Wildman–Crippen MR) is 83.8 cm³/mol. The predicted octanol–water partition coefficient (Wildman–Crippen LogP) is 3.63. The number of nitrogens with one attached hydrogen (secondary N) is 1. The van der Waals surface area contributed by atoms with Crippen molar-refractivity contribution in [3.05, 3.63) is 18.3 Å². The van der Waals surface area contributed by atoms with Gasteiger partial charge >= 0.3 is 0 Å². The summed E-state index contributed by atoms with van der Waals surface area (Å²) in [6.07, 6.45) is 3.92. The van der Waals surface area contributed by atoms with Gasteiger partial charge in [-0.15, -0.1) is 0 Å². The normalized spacial score (nSPS) is 17.1. The molecule has 2 rings (SSSR count). The van der Waals surface area contributed by atoms with Crippen LogP contribution in [0.4, 0.5) is 11.5 Å². The average Bonchev–Trinajstić information content (AvgIpc) is 2.39. The summed E-state index contributed by atoms with van der Waals surface area (Å²) < 4.78 is -1.97. The second-order valence-corrected chi connectivity index (χ2v) is 7.31. The van der Waals surface area contributed by atoms with Crippen LogP contribution in [-0.2, 0) is 4.79 Å². The molecule has 0 bridgehead atoms. The number of hydrogen-bond donors (Lipinski definition) is 1. The largest absolute Gasteiger partial charge is 0.357 e. The Morgan fingerprint density at radius 1 is 1.35 bits per heavy atom. The molecule has 1 fully saturated rings. The highest BCUT2D eigenvalue weighted by molar-refractivity contribution is 6.76. The van der Waals surface area contributed by atoms with Crippen LogP contribution in [0.25, 0.3) is 0 Å². The maximum absolute atomic E-state index is 11.5. The van der Waals surface area contributed by atoms with Crippen molar-refractivity contribution in [1.82, 2.24) is 4.98 Å². The van der Waals surface area contributed by atoms with Gasteiger partial charge in [-0.3, -0.25) is 4.79 Å². The first-order chi connectivity index (χ1) is 9.36. The van der Waals surface area contributed by atoms with Crippen LogP contribution >= 0.6 is 34.8 Å². The summed E-state index contributed by atoms with van der Waals surface area (Å²) in [5.41, 5.74) is 0.510. The van der Waals surface area contributed by atoms with Crippen molar-refractivity contribution in [3.8, 4) is 0 Å². The third-order valence-corrected chi connectivity index (χ3v) is 3.89. The highest BCUT2D eigenvalue weighted by Crippen LogP contribution is 2.28. The van der Waals surface area contributed by atoms with Gasteiger partial charge in [0.05, 0.1) is 11.9 Å². The quantitative estimate of drug-likeness (QED) is 0.839. The molecule has 0 spiro atoms.